The molecule has 2 aliphatic heterocycles. The fraction of sp³-hybridized carbons (Fsp3) is 0.440. The molecule has 0 aliphatic carbocycles. The van der Waals surface area contributed by atoms with Crippen molar-refractivity contribution in [3.05, 3.63) is 47.5 Å². The molecule has 0 saturated carbocycles. The molecule has 0 bridgehead atoms. The van der Waals surface area contributed by atoms with Gasteiger partial charge < -0.3 is 20.1 Å². The average molecular weight is 513 g/mol. The first kappa shape index (κ1) is 24.8. The molecule has 0 aromatic carbocycles. The summed E-state index contributed by atoms with van der Waals surface area (Å²) in [5, 5.41) is 6.32. The summed E-state index contributed by atoms with van der Waals surface area (Å²) in [5.41, 5.74) is 2.63. The van der Waals surface area contributed by atoms with E-state index in [1.807, 2.05) is 12.1 Å². The number of likely N-dealkylation sites (tertiary alicyclic amines) is 1. The second-order valence-electron chi connectivity index (χ2n) is 8.97. The van der Waals surface area contributed by atoms with Gasteiger partial charge in [-0.25, -0.2) is 14.4 Å². The number of halogens is 1. The van der Waals surface area contributed by atoms with Gasteiger partial charge in [0.15, 0.2) is 0 Å². The SMILES string of the molecule is COc1ccc2ncc(F)c(CCN3C[C@H](CNCc4ccc5c(n4)NC(=O)CS5)[C@H](OC)C3)c2n1. The highest BCUT2D eigenvalue weighted by Gasteiger charge is 2.32. The summed E-state index contributed by atoms with van der Waals surface area (Å²) >= 11 is 1.51. The lowest BCUT2D eigenvalue weighted by atomic mass is 10.1. The van der Waals surface area contributed by atoms with E-state index in [1.54, 1.807) is 26.4 Å². The molecule has 9 nitrogen and oxygen atoms in total. The smallest absolute Gasteiger partial charge is 0.235 e. The van der Waals surface area contributed by atoms with Crippen molar-refractivity contribution in [3.8, 4) is 5.88 Å². The van der Waals surface area contributed by atoms with Gasteiger partial charge in [0.1, 0.15) is 11.6 Å². The lowest BCUT2D eigenvalue weighted by Crippen LogP contribution is -2.31. The fourth-order valence-electron chi connectivity index (χ4n) is 4.76. The molecule has 2 aliphatic rings. The number of carbonyl (C=O) groups is 1. The van der Waals surface area contributed by atoms with E-state index in [9.17, 15) is 9.18 Å². The van der Waals surface area contributed by atoms with Crippen LogP contribution in [0.15, 0.2) is 35.4 Å². The van der Waals surface area contributed by atoms with Crippen LogP contribution in [0.25, 0.3) is 11.0 Å². The Bertz CT molecular complexity index is 1260. The molecule has 0 radical (unpaired) electrons. The van der Waals surface area contributed by atoms with E-state index >= 15 is 0 Å². The largest absolute Gasteiger partial charge is 0.481 e. The number of pyridine rings is 3. The van der Waals surface area contributed by atoms with Gasteiger partial charge in [0.05, 0.1) is 46.8 Å². The van der Waals surface area contributed by atoms with Crippen LogP contribution in [0, 0.1) is 11.7 Å². The molecule has 11 heteroatoms. The number of hydrogen-bond donors (Lipinski definition) is 2. The summed E-state index contributed by atoms with van der Waals surface area (Å²) in [6.07, 6.45) is 1.87. The Morgan fingerprint density at radius 3 is 2.94 bits per heavy atom. The van der Waals surface area contributed by atoms with Crippen molar-refractivity contribution in [1.82, 2.24) is 25.2 Å². The Hall–Kier alpha value is -2.86. The number of rotatable bonds is 9. The third-order valence-corrected chi connectivity index (χ3v) is 7.68. The highest BCUT2D eigenvalue weighted by molar-refractivity contribution is 8.00. The summed E-state index contributed by atoms with van der Waals surface area (Å²) in [6.45, 7) is 3.68. The molecular formula is C25H29FN6O3S. The van der Waals surface area contributed by atoms with Crippen LogP contribution in [0.1, 0.15) is 11.3 Å². The molecular weight excluding hydrogens is 483 g/mol. The first-order valence-corrected chi connectivity index (χ1v) is 12.9. The minimum atomic E-state index is -0.351. The van der Waals surface area contributed by atoms with Crippen LogP contribution in [0.5, 0.6) is 5.88 Å². The first-order valence-electron chi connectivity index (χ1n) is 11.9. The van der Waals surface area contributed by atoms with Crippen LogP contribution < -0.4 is 15.4 Å². The molecule has 1 amide bonds. The van der Waals surface area contributed by atoms with Crippen LogP contribution in [0.3, 0.4) is 0 Å². The van der Waals surface area contributed by atoms with Crippen molar-refractivity contribution in [1.29, 1.82) is 0 Å². The second-order valence-corrected chi connectivity index (χ2v) is 9.98. The number of ether oxygens (including phenoxy) is 2. The third kappa shape index (κ3) is 5.44. The second kappa shape index (κ2) is 11.0. The van der Waals surface area contributed by atoms with E-state index < -0.39 is 0 Å². The number of nitrogens with zero attached hydrogens (tertiary/aromatic N) is 4. The van der Waals surface area contributed by atoms with Gasteiger partial charge in [0, 0.05) is 57.4 Å². The maximum Gasteiger partial charge on any atom is 0.235 e. The Balaban J connectivity index is 1.17. The van der Waals surface area contributed by atoms with E-state index in [2.05, 4.69) is 30.5 Å². The highest BCUT2D eigenvalue weighted by Crippen LogP contribution is 2.30. The van der Waals surface area contributed by atoms with Gasteiger partial charge in [-0.05, 0) is 24.6 Å². The van der Waals surface area contributed by atoms with E-state index in [4.69, 9.17) is 9.47 Å². The van der Waals surface area contributed by atoms with E-state index in [0.717, 1.165) is 30.2 Å². The number of aromatic nitrogens is 3. The van der Waals surface area contributed by atoms with Gasteiger partial charge >= 0.3 is 0 Å². The van der Waals surface area contributed by atoms with Crippen LogP contribution in [0.2, 0.25) is 0 Å². The first-order chi connectivity index (χ1) is 17.5. The number of hydrogen-bond acceptors (Lipinski definition) is 9. The number of carbonyl (C=O) groups excluding carboxylic acids is 1. The van der Waals surface area contributed by atoms with Gasteiger partial charge in [-0.1, -0.05) is 0 Å². The van der Waals surface area contributed by atoms with Crippen molar-refractivity contribution in [3.63, 3.8) is 0 Å². The summed E-state index contributed by atoms with van der Waals surface area (Å²) < 4.78 is 25.7. The molecule has 2 atom stereocenters. The number of thioether (sulfide) groups is 1. The van der Waals surface area contributed by atoms with Crippen molar-refractivity contribution in [2.24, 2.45) is 5.92 Å². The molecule has 1 fully saturated rings. The summed E-state index contributed by atoms with van der Waals surface area (Å²) in [4.78, 5) is 28.1. The van der Waals surface area contributed by atoms with Crippen LogP contribution in [-0.4, -0.2) is 78.0 Å². The molecule has 5 rings (SSSR count). The monoisotopic (exact) mass is 512 g/mol. The normalized spacial score (nSPS) is 19.9. The quantitative estimate of drug-likeness (QED) is 0.448. The molecule has 3 aromatic heterocycles. The van der Waals surface area contributed by atoms with E-state index in [1.165, 1.54) is 18.0 Å². The van der Waals surface area contributed by atoms with Gasteiger partial charge in [-0.3, -0.25) is 14.7 Å². The summed E-state index contributed by atoms with van der Waals surface area (Å²) in [7, 11) is 3.28. The van der Waals surface area contributed by atoms with Crippen molar-refractivity contribution >= 4 is 34.5 Å². The lowest BCUT2D eigenvalue weighted by molar-refractivity contribution is -0.113. The molecule has 3 aromatic rings. The zero-order chi connectivity index (χ0) is 25.1. The van der Waals surface area contributed by atoms with Gasteiger partial charge in [0.2, 0.25) is 11.8 Å². The van der Waals surface area contributed by atoms with Gasteiger partial charge in [-0.15, -0.1) is 11.8 Å². The topological polar surface area (TPSA) is 102 Å². The lowest BCUT2D eigenvalue weighted by Gasteiger charge is -2.18. The molecule has 0 spiro atoms. The maximum atomic E-state index is 14.7. The number of nitrogens with one attached hydrogen (secondary N) is 2. The zero-order valence-electron chi connectivity index (χ0n) is 20.3. The molecule has 36 heavy (non-hydrogen) atoms. The molecule has 0 unspecified atom stereocenters. The molecule has 1 saturated heterocycles. The predicted octanol–water partition coefficient (Wildman–Crippen LogP) is 2.50. The van der Waals surface area contributed by atoms with Crippen LogP contribution in [-0.2, 0) is 22.5 Å². The zero-order valence-corrected chi connectivity index (χ0v) is 21.1. The fourth-order valence-corrected chi connectivity index (χ4v) is 5.52. The van der Waals surface area contributed by atoms with Crippen LogP contribution >= 0.6 is 11.8 Å². The average Bonchev–Trinajstić information content (AvgIpc) is 3.29. The highest BCUT2D eigenvalue weighted by atomic mass is 32.2. The number of anilines is 1. The van der Waals surface area contributed by atoms with Gasteiger partial charge in [-0.2, -0.15) is 0 Å². The van der Waals surface area contributed by atoms with Crippen molar-refractivity contribution < 1.29 is 18.7 Å². The van der Waals surface area contributed by atoms with Crippen LogP contribution in [0.4, 0.5) is 10.2 Å². The third-order valence-electron chi connectivity index (χ3n) is 6.63. The Morgan fingerprint density at radius 2 is 2.11 bits per heavy atom. The van der Waals surface area contributed by atoms with Crippen molar-refractivity contribution in [2.45, 2.75) is 24.0 Å². The minimum absolute atomic E-state index is 0.0198. The number of amides is 1. The van der Waals surface area contributed by atoms with Gasteiger partial charge in [0.25, 0.3) is 0 Å². The Morgan fingerprint density at radius 1 is 1.22 bits per heavy atom. The Labute approximate surface area is 213 Å². The predicted molar refractivity (Wildman–Crippen MR) is 136 cm³/mol. The summed E-state index contributed by atoms with van der Waals surface area (Å²) in [5.74, 6) is 1.43. The number of fused-ring (bicyclic) bond motifs is 2. The number of methoxy groups -OCH3 is 2. The summed E-state index contributed by atoms with van der Waals surface area (Å²) in [6, 6.07) is 7.52. The maximum absolute atomic E-state index is 14.7. The Kier molecular flexibility index (Phi) is 7.61. The standard InChI is InChI=1S/C25H29FN6O3S/c1-34-20-13-32(8-7-17-18(26)11-28-19-4-6-23(35-2)31-24(17)19)12-15(20)9-27-10-16-3-5-21-25(29-16)30-22(33)14-36-21/h3-6,11,15,20,27H,7-10,12-14H2,1-2H3,(H,29,30,33)/t15-,20+/m0/s1. The van der Waals surface area contributed by atoms with Crippen molar-refractivity contribution in [2.75, 3.05) is 51.5 Å². The van der Waals surface area contributed by atoms with E-state index in [0.29, 0.717) is 59.5 Å². The minimum Gasteiger partial charge on any atom is -0.481 e. The molecule has 2 N–H and O–H groups in total. The van der Waals surface area contributed by atoms with E-state index in [-0.39, 0.29) is 17.8 Å². The molecule has 190 valence electrons. The molecule has 5 heterocycles.